The highest BCUT2D eigenvalue weighted by Crippen LogP contribution is 2.29. The summed E-state index contributed by atoms with van der Waals surface area (Å²) >= 11 is 1.43. The minimum atomic E-state index is 0.200. The number of carbonyl (C=O) groups is 1. The average molecular weight is 352 g/mol. The summed E-state index contributed by atoms with van der Waals surface area (Å²) in [5.41, 5.74) is 3.14. The van der Waals surface area contributed by atoms with Crippen molar-refractivity contribution in [1.82, 2.24) is 19.7 Å². The van der Waals surface area contributed by atoms with Crippen LogP contribution < -0.4 is 0 Å². The van der Waals surface area contributed by atoms with Crippen LogP contribution >= 0.6 is 11.8 Å². The molecule has 2 aromatic heterocycles. The van der Waals surface area contributed by atoms with Crippen molar-refractivity contribution in [2.75, 3.05) is 5.75 Å². The Morgan fingerprint density at radius 3 is 2.68 bits per heavy atom. The topological polar surface area (TPSA) is 60.7 Å². The van der Waals surface area contributed by atoms with Gasteiger partial charge in [0.2, 0.25) is 0 Å². The first kappa shape index (κ1) is 17.4. The number of carbonyl (C=O) groups excluding carboxylic acids is 1. The van der Waals surface area contributed by atoms with Gasteiger partial charge in [-0.3, -0.25) is 14.3 Å². The van der Waals surface area contributed by atoms with Crippen molar-refractivity contribution in [1.29, 1.82) is 0 Å². The van der Waals surface area contributed by atoms with E-state index in [2.05, 4.69) is 34.2 Å². The quantitative estimate of drug-likeness (QED) is 0.602. The monoisotopic (exact) mass is 352 g/mol. The number of pyridine rings is 1. The summed E-state index contributed by atoms with van der Waals surface area (Å²) in [5.74, 6) is 1.34. The van der Waals surface area contributed by atoms with E-state index in [-0.39, 0.29) is 5.78 Å². The molecule has 0 aliphatic rings. The van der Waals surface area contributed by atoms with E-state index in [1.165, 1.54) is 17.3 Å². The first-order valence-corrected chi connectivity index (χ1v) is 9.31. The van der Waals surface area contributed by atoms with Crippen LogP contribution in [0.2, 0.25) is 0 Å². The summed E-state index contributed by atoms with van der Waals surface area (Å²) in [6, 6.07) is 12.1. The van der Waals surface area contributed by atoms with Crippen LogP contribution in [0.15, 0.2) is 53.9 Å². The van der Waals surface area contributed by atoms with E-state index in [0.717, 1.165) is 28.7 Å². The number of benzene rings is 1. The minimum absolute atomic E-state index is 0.200. The number of Topliss-reactive ketones (excluding diaryl/α,β-unsaturated/α-hetero) is 1. The normalized spacial score (nSPS) is 10.8. The Kier molecular flexibility index (Phi) is 5.60. The lowest BCUT2D eigenvalue weighted by molar-refractivity contribution is -0.116. The predicted molar refractivity (Wildman–Crippen MR) is 100.0 cm³/mol. The number of ketones is 1. The Morgan fingerprint density at radius 2 is 1.96 bits per heavy atom. The molecule has 0 spiro atoms. The van der Waals surface area contributed by atoms with Gasteiger partial charge in [-0.1, -0.05) is 43.8 Å². The molecule has 6 heteroatoms. The molecule has 0 bridgehead atoms. The molecule has 1 aromatic carbocycles. The highest BCUT2D eigenvalue weighted by atomic mass is 32.2. The van der Waals surface area contributed by atoms with Crippen molar-refractivity contribution in [3.63, 3.8) is 0 Å². The van der Waals surface area contributed by atoms with Crippen molar-refractivity contribution in [2.24, 2.45) is 0 Å². The van der Waals surface area contributed by atoms with Crippen molar-refractivity contribution >= 4 is 17.5 Å². The first-order chi connectivity index (χ1) is 12.2. The van der Waals surface area contributed by atoms with E-state index in [4.69, 9.17) is 0 Å². The minimum Gasteiger partial charge on any atom is -0.299 e. The largest absolute Gasteiger partial charge is 0.299 e. The Bertz CT molecular complexity index is 861. The number of hydrogen-bond acceptors (Lipinski definition) is 5. The van der Waals surface area contributed by atoms with Crippen LogP contribution in [-0.4, -0.2) is 31.3 Å². The summed E-state index contributed by atoms with van der Waals surface area (Å²) < 4.78 is 2.03. The van der Waals surface area contributed by atoms with Crippen molar-refractivity contribution in [2.45, 2.75) is 31.8 Å². The third-order valence-corrected chi connectivity index (χ3v) is 4.91. The van der Waals surface area contributed by atoms with E-state index in [9.17, 15) is 4.79 Å². The number of aromatic nitrogens is 4. The molecule has 3 aromatic rings. The van der Waals surface area contributed by atoms with Gasteiger partial charge in [-0.05, 0) is 30.2 Å². The van der Waals surface area contributed by atoms with Crippen LogP contribution in [0.5, 0.6) is 0 Å². The molecular formula is C19H20N4OS. The highest BCUT2D eigenvalue weighted by molar-refractivity contribution is 7.99. The molecule has 0 fully saturated rings. The van der Waals surface area contributed by atoms with Crippen LogP contribution in [0, 0.1) is 0 Å². The number of para-hydroxylation sites is 1. The lowest BCUT2D eigenvalue weighted by atomic mass is 10.1. The van der Waals surface area contributed by atoms with E-state index in [0.29, 0.717) is 12.2 Å². The van der Waals surface area contributed by atoms with Gasteiger partial charge < -0.3 is 0 Å². The zero-order valence-corrected chi connectivity index (χ0v) is 15.2. The summed E-state index contributed by atoms with van der Waals surface area (Å²) in [6.45, 7) is 4.00. The van der Waals surface area contributed by atoms with Gasteiger partial charge in [-0.15, -0.1) is 10.2 Å². The molecule has 0 aliphatic carbocycles. The second kappa shape index (κ2) is 8.07. The molecule has 0 atom stereocenters. The summed E-state index contributed by atoms with van der Waals surface area (Å²) in [7, 11) is 0. The molecule has 0 aliphatic heterocycles. The SMILES string of the molecule is CCC(=O)CSc1nnc(-c2cccnc2)n1-c1ccccc1CC. The third kappa shape index (κ3) is 3.79. The molecule has 0 amide bonds. The molecule has 128 valence electrons. The number of aryl methyl sites for hydroxylation is 1. The third-order valence-electron chi connectivity index (χ3n) is 3.92. The lowest BCUT2D eigenvalue weighted by Gasteiger charge is -2.13. The number of hydrogen-bond donors (Lipinski definition) is 0. The zero-order valence-electron chi connectivity index (χ0n) is 14.3. The fraction of sp³-hybridized carbons (Fsp3) is 0.263. The van der Waals surface area contributed by atoms with Crippen molar-refractivity contribution < 1.29 is 4.79 Å². The van der Waals surface area contributed by atoms with Gasteiger partial charge >= 0.3 is 0 Å². The molecule has 3 rings (SSSR count). The van der Waals surface area contributed by atoms with Gasteiger partial charge in [0.1, 0.15) is 5.78 Å². The van der Waals surface area contributed by atoms with Gasteiger partial charge in [0, 0.05) is 24.4 Å². The Labute approximate surface area is 151 Å². The van der Waals surface area contributed by atoms with Crippen LogP contribution in [0.4, 0.5) is 0 Å². The van der Waals surface area contributed by atoms with Crippen LogP contribution in [-0.2, 0) is 11.2 Å². The van der Waals surface area contributed by atoms with Crippen molar-refractivity contribution in [3.8, 4) is 17.1 Å². The molecule has 2 heterocycles. The second-order valence-corrected chi connectivity index (χ2v) is 6.49. The number of nitrogens with zero attached hydrogens (tertiary/aromatic N) is 4. The molecule has 0 unspecified atom stereocenters. The summed E-state index contributed by atoms with van der Waals surface area (Å²) in [6.07, 6.45) is 4.95. The van der Waals surface area contributed by atoms with Gasteiger partial charge in [-0.2, -0.15) is 0 Å². The zero-order chi connectivity index (χ0) is 17.6. The maximum Gasteiger partial charge on any atom is 0.196 e. The first-order valence-electron chi connectivity index (χ1n) is 8.33. The summed E-state index contributed by atoms with van der Waals surface area (Å²) in [4.78, 5) is 15.9. The fourth-order valence-corrected chi connectivity index (χ4v) is 3.44. The Balaban J connectivity index is 2.11. The molecule has 0 N–H and O–H groups in total. The molecule has 0 saturated heterocycles. The van der Waals surface area contributed by atoms with Gasteiger partial charge in [0.25, 0.3) is 0 Å². The highest BCUT2D eigenvalue weighted by Gasteiger charge is 2.18. The lowest BCUT2D eigenvalue weighted by Crippen LogP contribution is -2.05. The van der Waals surface area contributed by atoms with E-state index >= 15 is 0 Å². The molecular weight excluding hydrogens is 332 g/mol. The van der Waals surface area contributed by atoms with E-state index in [1.54, 1.807) is 12.4 Å². The van der Waals surface area contributed by atoms with Gasteiger partial charge in [0.15, 0.2) is 11.0 Å². The van der Waals surface area contributed by atoms with E-state index < -0.39 is 0 Å². The Morgan fingerprint density at radius 1 is 1.12 bits per heavy atom. The molecule has 5 nitrogen and oxygen atoms in total. The van der Waals surface area contributed by atoms with Gasteiger partial charge in [-0.25, -0.2) is 0 Å². The fourth-order valence-electron chi connectivity index (χ4n) is 2.54. The predicted octanol–water partition coefficient (Wildman–Crippen LogP) is 3.96. The smallest absolute Gasteiger partial charge is 0.196 e. The Hall–Kier alpha value is -2.47. The maximum absolute atomic E-state index is 11.7. The van der Waals surface area contributed by atoms with Crippen molar-refractivity contribution in [3.05, 3.63) is 54.4 Å². The maximum atomic E-state index is 11.7. The average Bonchev–Trinajstić information content (AvgIpc) is 3.10. The molecule has 0 radical (unpaired) electrons. The molecule has 25 heavy (non-hydrogen) atoms. The number of rotatable bonds is 7. The molecule has 0 saturated carbocycles. The van der Waals surface area contributed by atoms with Crippen LogP contribution in [0.25, 0.3) is 17.1 Å². The number of thioether (sulfide) groups is 1. The van der Waals surface area contributed by atoms with Crippen LogP contribution in [0.3, 0.4) is 0 Å². The van der Waals surface area contributed by atoms with Crippen LogP contribution in [0.1, 0.15) is 25.8 Å². The van der Waals surface area contributed by atoms with Gasteiger partial charge in [0.05, 0.1) is 11.4 Å². The van der Waals surface area contributed by atoms with E-state index in [1.807, 2.05) is 35.8 Å². The second-order valence-electron chi connectivity index (χ2n) is 5.55. The standard InChI is InChI=1S/C19H20N4OS/c1-3-14-8-5-6-10-17(14)23-18(15-9-7-11-20-12-15)21-22-19(23)25-13-16(24)4-2/h5-12H,3-4,13H2,1-2H3. The summed E-state index contributed by atoms with van der Waals surface area (Å²) in [5, 5.41) is 9.45.